The van der Waals surface area contributed by atoms with Crippen LogP contribution in [0.2, 0.25) is 0 Å². The zero-order chi connectivity index (χ0) is 11.3. The summed E-state index contributed by atoms with van der Waals surface area (Å²) in [4.78, 5) is 4.39. The van der Waals surface area contributed by atoms with E-state index in [0.717, 1.165) is 23.7 Å². The first-order valence-electron chi connectivity index (χ1n) is 5.25. The first-order valence-corrected chi connectivity index (χ1v) is 6.66. The number of aromatic nitrogens is 1. The van der Waals surface area contributed by atoms with Gasteiger partial charge in [-0.05, 0) is 19.3 Å². The van der Waals surface area contributed by atoms with Gasteiger partial charge in [0, 0.05) is 12.0 Å². The monoisotopic (exact) mass is 247 g/mol. The molecular formula is C11H18ClNOS. The summed E-state index contributed by atoms with van der Waals surface area (Å²) >= 11 is 7.31. The number of nitrogens with zero attached hydrogens (tertiary/aromatic N) is 1. The van der Waals surface area contributed by atoms with E-state index in [0.29, 0.717) is 11.8 Å². The Morgan fingerprint density at radius 1 is 1.47 bits per heavy atom. The van der Waals surface area contributed by atoms with Crippen LogP contribution in [0.4, 0.5) is 0 Å². The van der Waals surface area contributed by atoms with Crippen LogP contribution in [0.25, 0.3) is 0 Å². The second-order valence-corrected chi connectivity index (χ2v) is 5.16. The molecular weight excluding hydrogens is 230 g/mol. The molecule has 0 spiro atoms. The third-order valence-electron chi connectivity index (χ3n) is 2.12. The molecule has 0 bridgehead atoms. The second kappa shape index (κ2) is 6.46. The summed E-state index contributed by atoms with van der Waals surface area (Å²) in [6.45, 7) is 7.23. The fraction of sp³-hybridized carbons (Fsp3) is 0.727. The Morgan fingerprint density at radius 3 is 2.73 bits per heavy atom. The Morgan fingerprint density at radius 2 is 2.20 bits per heavy atom. The van der Waals surface area contributed by atoms with E-state index in [2.05, 4.69) is 18.8 Å². The summed E-state index contributed by atoms with van der Waals surface area (Å²) in [5.41, 5.74) is 0.941. The van der Waals surface area contributed by atoms with E-state index in [1.165, 1.54) is 0 Å². The van der Waals surface area contributed by atoms with Crippen LogP contribution in [0.15, 0.2) is 5.38 Å². The third-order valence-corrected chi connectivity index (χ3v) is 3.45. The summed E-state index contributed by atoms with van der Waals surface area (Å²) < 4.78 is 5.70. The maximum absolute atomic E-state index is 5.70. The molecule has 4 heteroatoms. The molecule has 86 valence electrons. The minimum absolute atomic E-state index is 0.0886. The molecule has 1 heterocycles. The van der Waals surface area contributed by atoms with Crippen molar-refractivity contribution >= 4 is 22.9 Å². The van der Waals surface area contributed by atoms with Gasteiger partial charge in [-0.1, -0.05) is 13.8 Å². The van der Waals surface area contributed by atoms with E-state index in [1.54, 1.807) is 11.3 Å². The molecule has 0 radical (unpaired) electrons. The number of halogens is 1. The molecule has 0 aliphatic rings. The fourth-order valence-corrected chi connectivity index (χ4v) is 2.17. The molecule has 1 aromatic rings. The van der Waals surface area contributed by atoms with Gasteiger partial charge in [0.15, 0.2) is 0 Å². The molecule has 0 aliphatic heterocycles. The quantitative estimate of drug-likeness (QED) is 0.709. The Hall–Kier alpha value is -0.120. The Kier molecular flexibility index (Phi) is 5.58. The van der Waals surface area contributed by atoms with Gasteiger partial charge in [-0.2, -0.15) is 0 Å². The average Bonchev–Trinajstić information content (AvgIpc) is 2.65. The van der Waals surface area contributed by atoms with Crippen molar-refractivity contribution in [1.29, 1.82) is 0 Å². The second-order valence-electron chi connectivity index (χ2n) is 4.01. The third kappa shape index (κ3) is 4.49. The largest absolute Gasteiger partial charge is 0.371 e. The van der Waals surface area contributed by atoms with Crippen molar-refractivity contribution in [3.05, 3.63) is 16.1 Å². The smallest absolute Gasteiger partial charge is 0.122 e. The zero-order valence-corrected chi connectivity index (χ0v) is 11.1. The summed E-state index contributed by atoms with van der Waals surface area (Å²) in [6, 6.07) is 0. The summed E-state index contributed by atoms with van der Waals surface area (Å²) in [5, 5.41) is 3.01. The van der Waals surface area contributed by atoms with Crippen LogP contribution < -0.4 is 0 Å². The van der Waals surface area contributed by atoms with Crippen molar-refractivity contribution in [2.75, 3.05) is 6.61 Å². The van der Waals surface area contributed by atoms with Crippen LogP contribution in [0.3, 0.4) is 0 Å². The lowest BCUT2D eigenvalue weighted by atomic mass is 10.1. The summed E-state index contributed by atoms with van der Waals surface area (Å²) in [5.74, 6) is 1.17. The van der Waals surface area contributed by atoms with E-state index in [1.807, 2.05) is 12.3 Å². The lowest BCUT2D eigenvalue weighted by Crippen LogP contribution is -2.03. The van der Waals surface area contributed by atoms with Crippen molar-refractivity contribution in [3.63, 3.8) is 0 Å². The van der Waals surface area contributed by atoms with Gasteiger partial charge >= 0.3 is 0 Å². The van der Waals surface area contributed by atoms with Gasteiger partial charge < -0.3 is 4.74 Å². The van der Waals surface area contributed by atoms with E-state index >= 15 is 0 Å². The highest BCUT2D eigenvalue weighted by Gasteiger charge is 2.10. The Bertz CT molecular complexity index is 288. The molecule has 1 aromatic heterocycles. The lowest BCUT2D eigenvalue weighted by molar-refractivity contribution is 0.0581. The number of hydrogen-bond acceptors (Lipinski definition) is 3. The molecule has 0 aromatic carbocycles. The maximum Gasteiger partial charge on any atom is 0.122 e. The van der Waals surface area contributed by atoms with Gasteiger partial charge in [-0.3, -0.25) is 0 Å². The first-order chi connectivity index (χ1) is 7.13. The predicted molar refractivity (Wildman–Crippen MR) is 65.5 cm³/mol. The predicted octanol–water partition coefficient (Wildman–Crippen LogP) is 4.01. The minimum atomic E-state index is 0.0886. The van der Waals surface area contributed by atoms with Gasteiger partial charge in [0.25, 0.3) is 0 Å². The van der Waals surface area contributed by atoms with Crippen molar-refractivity contribution in [2.24, 2.45) is 5.92 Å². The summed E-state index contributed by atoms with van der Waals surface area (Å²) in [7, 11) is 0. The molecule has 0 saturated carbocycles. The highest BCUT2D eigenvalue weighted by atomic mass is 35.5. The van der Waals surface area contributed by atoms with Crippen LogP contribution >= 0.6 is 22.9 Å². The standard InChI is InChI=1S/C11H18ClNOS/c1-8(2)4-5-14-9(3)11-13-10(6-12)7-15-11/h7-9H,4-6H2,1-3H3. The highest BCUT2D eigenvalue weighted by molar-refractivity contribution is 7.09. The van der Waals surface area contributed by atoms with Gasteiger partial charge in [0.2, 0.25) is 0 Å². The van der Waals surface area contributed by atoms with Crippen LogP contribution in [-0.4, -0.2) is 11.6 Å². The van der Waals surface area contributed by atoms with Crippen LogP contribution in [0.1, 0.15) is 44.0 Å². The number of ether oxygens (including phenoxy) is 1. The van der Waals surface area contributed by atoms with Crippen molar-refractivity contribution in [2.45, 2.75) is 39.2 Å². The minimum Gasteiger partial charge on any atom is -0.371 e. The first kappa shape index (κ1) is 12.9. The molecule has 0 fully saturated rings. The zero-order valence-electron chi connectivity index (χ0n) is 9.50. The lowest BCUT2D eigenvalue weighted by Gasteiger charge is -2.11. The van der Waals surface area contributed by atoms with E-state index in [-0.39, 0.29) is 6.10 Å². The van der Waals surface area contributed by atoms with Crippen LogP contribution in [-0.2, 0) is 10.6 Å². The molecule has 0 aliphatic carbocycles. The van der Waals surface area contributed by atoms with Crippen molar-refractivity contribution in [3.8, 4) is 0 Å². The van der Waals surface area contributed by atoms with Gasteiger partial charge in [-0.15, -0.1) is 22.9 Å². The molecule has 2 nitrogen and oxygen atoms in total. The average molecular weight is 248 g/mol. The van der Waals surface area contributed by atoms with Gasteiger partial charge in [-0.25, -0.2) is 4.98 Å². The summed E-state index contributed by atoms with van der Waals surface area (Å²) in [6.07, 6.45) is 1.18. The van der Waals surface area contributed by atoms with Gasteiger partial charge in [0.1, 0.15) is 11.1 Å². The fourth-order valence-electron chi connectivity index (χ4n) is 1.12. The normalized spacial score (nSPS) is 13.4. The Balaban J connectivity index is 2.36. The molecule has 15 heavy (non-hydrogen) atoms. The SMILES string of the molecule is CC(C)CCOC(C)c1nc(CCl)cs1. The highest BCUT2D eigenvalue weighted by Crippen LogP contribution is 2.22. The number of rotatable bonds is 6. The molecule has 0 amide bonds. The van der Waals surface area contributed by atoms with Crippen LogP contribution in [0.5, 0.6) is 0 Å². The molecule has 0 N–H and O–H groups in total. The van der Waals surface area contributed by atoms with E-state index < -0.39 is 0 Å². The topological polar surface area (TPSA) is 22.1 Å². The van der Waals surface area contributed by atoms with E-state index in [9.17, 15) is 0 Å². The maximum atomic E-state index is 5.70. The number of hydrogen-bond donors (Lipinski definition) is 0. The number of alkyl halides is 1. The molecule has 0 saturated heterocycles. The van der Waals surface area contributed by atoms with Gasteiger partial charge in [0.05, 0.1) is 11.6 Å². The van der Waals surface area contributed by atoms with Crippen molar-refractivity contribution in [1.82, 2.24) is 4.98 Å². The molecule has 1 unspecified atom stereocenters. The molecule has 1 rings (SSSR count). The van der Waals surface area contributed by atoms with Crippen molar-refractivity contribution < 1.29 is 4.74 Å². The van der Waals surface area contributed by atoms with E-state index in [4.69, 9.17) is 16.3 Å². The molecule has 1 atom stereocenters. The van der Waals surface area contributed by atoms with Crippen LogP contribution in [0, 0.1) is 5.92 Å². The number of thiazole rings is 1. The Labute approximate surface area is 101 Å².